The summed E-state index contributed by atoms with van der Waals surface area (Å²) < 4.78 is 14.5. The molecular weight excluding hydrogens is 559 g/mol. The van der Waals surface area contributed by atoms with E-state index in [0.29, 0.717) is 13.2 Å². The maximum absolute atomic E-state index is 5.37. The van der Waals surface area contributed by atoms with Gasteiger partial charge in [-0.25, -0.2) is 9.56 Å². The Hall–Kier alpha value is -1.33. The van der Waals surface area contributed by atoms with Crippen LogP contribution in [0.2, 0.25) is 0 Å². The van der Waals surface area contributed by atoms with Crippen molar-refractivity contribution >= 4 is 27.2 Å². The number of nitrogens with zero attached hydrogens (tertiary/aromatic N) is 4. The Balaban J connectivity index is 0.00000324. The molecule has 0 radical (unpaired) electrons. The van der Waals surface area contributed by atoms with Gasteiger partial charge in [-0.15, -0.1) is 11.3 Å². The van der Waals surface area contributed by atoms with Gasteiger partial charge in [0.1, 0.15) is 0 Å². The standard InChI is InChI=1S/C26H37N4O2S.HI/c1-6-20-16-22(30(11-13-31-4)12-14-32-5)18-24-26(20)27-25-19(2)15-21(17-23(25)33-24)29-9-7-28(3)8-10-29;/h15-18H,6-14H2,1-5H3;1H/q+1;/p-1. The fraction of sp³-hybridized carbons (Fsp3) is 0.538. The minimum atomic E-state index is 0. The minimum absolute atomic E-state index is 0. The highest BCUT2D eigenvalue weighted by Crippen LogP contribution is 2.35. The maximum Gasteiger partial charge on any atom is 0.201 e. The Morgan fingerprint density at radius 3 is 2.35 bits per heavy atom. The van der Waals surface area contributed by atoms with Crippen molar-refractivity contribution < 1.29 is 33.5 Å². The summed E-state index contributed by atoms with van der Waals surface area (Å²) in [6.45, 7) is 11.8. The lowest BCUT2D eigenvalue weighted by molar-refractivity contribution is -0.00000757. The van der Waals surface area contributed by atoms with Crippen molar-refractivity contribution in [2.24, 2.45) is 0 Å². The molecular formula is C26H37IN4O2S. The molecule has 0 unspecified atom stereocenters. The van der Waals surface area contributed by atoms with Gasteiger partial charge in [-0.3, -0.25) is 4.90 Å². The number of hydrogen-bond acceptors (Lipinski definition) is 6. The lowest BCUT2D eigenvalue weighted by atomic mass is 10.1. The number of halogens is 1. The van der Waals surface area contributed by atoms with Crippen LogP contribution in [0, 0.1) is 6.92 Å². The molecule has 2 aliphatic heterocycles. The van der Waals surface area contributed by atoms with Crippen molar-refractivity contribution in [3.8, 4) is 10.6 Å². The molecule has 1 aromatic carbocycles. The van der Waals surface area contributed by atoms with Crippen molar-refractivity contribution in [3.63, 3.8) is 0 Å². The van der Waals surface area contributed by atoms with Gasteiger partial charge in [-0.05, 0) is 43.7 Å². The van der Waals surface area contributed by atoms with Gasteiger partial charge < -0.3 is 38.4 Å². The topological polar surface area (TPSA) is 40.8 Å². The number of methoxy groups -OCH3 is 2. The van der Waals surface area contributed by atoms with E-state index in [1.807, 2.05) is 11.3 Å². The maximum atomic E-state index is 5.37. The molecule has 186 valence electrons. The van der Waals surface area contributed by atoms with Crippen LogP contribution in [0.5, 0.6) is 0 Å². The van der Waals surface area contributed by atoms with Crippen LogP contribution in [0.15, 0.2) is 24.3 Å². The number of benzene rings is 2. The summed E-state index contributed by atoms with van der Waals surface area (Å²) in [6, 6.07) is 9.26. The fourth-order valence-electron chi connectivity index (χ4n) is 4.51. The fourth-order valence-corrected chi connectivity index (χ4v) is 5.68. The average Bonchev–Trinajstić information content (AvgIpc) is 2.82. The smallest absolute Gasteiger partial charge is 0.201 e. The van der Waals surface area contributed by atoms with Gasteiger partial charge in [0.15, 0.2) is 13.1 Å². The summed E-state index contributed by atoms with van der Waals surface area (Å²) in [4.78, 5) is 11.2. The Bertz CT molecular complexity index is 1130. The van der Waals surface area contributed by atoms with Gasteiger partial charge in [0, 0.05) is 45.1 Å². The van der Waals surface area contributed by atoms with E-state index >= 15 is 0 Å². The molecule has 1 aromatic rings. The molecule has 8 heteroatoms. The third kappa shape index (κ3) is 6.07. The second-order valence-corrected chi connectivity index (χ2v) is 9.98. The summed E-state index contributed by atoms with van der Waals surface area (Å²) >= 11 is 1.86. The first-order valence-electron chi connectivity index (χ1n) is 11.9. The number of rotatable bonds is 8. The molecule has 2 heterocycles. The van der Waals surface area contributed by atoms with Crippen LogP contribution in [0.1, 0.15) is 18.1 Å². The quantitative estimate of drug-likeness (QED) is 0.210. The Morgan fingerprint density at radius 2 is 1.74 bits per heavy atom. The lowest BCUT2D eigenvalue weighted by Crippen LogP contribution is -3.00. The normalized spacial score (nSPS) is 14.6. The van der Waals surface area contributed by atoms with E-state index in [1.54, 1.807) is 14.2 Å². The number of piperazine rings is 1. The number of hydrogen-bond donors (Lipinski definition) is 0. The van der Waals surface area contributed by atoms with Crippen molar-refractivity contribution in [1.82, 2.24) is 14.5 Å². The molecule has 3 aliphatic rings. The van der Waals surface area contributed by atoms with Crippen LogP contribution >= 0.6 is 11.3 Å². The number of anilines is 1. The third-order valence-electron chi connectivity index (χ3n) is 6.58. The number of ether oxygens (including phenoxy) is 2. The molecule has 1 fully saturated rings. The zero-order valence-corrected chi connectivity index (χ0v) is 24.0. The van der Waals surface area contributed by atoms with E-state index in [0.717, 1.165) is 56.9 Å². The van der Waals surface area contributed by atoms with E-state index in [1.165, 1.54) is 31.7 Å². The largest absolute Gasteiger partial charge is 1.00 e. The number of fused-ring (bicyclic) bond motifs is 2. The Labute approximate surface area is 224 Å². The van der Waals surface area contributed by atoms with Gasteiger partial charge in [0.2, 0.25) is 5.36 Å². The van der Waals surface area contributed by atoms with Gasteiger partial charge >= 0.3 is 0 Å². The molecule has 0 atom stereocenters. The van der Waals surface area contributed by atoms with Crippen molar-refractivity contribution in [2.75, 3.05) is 78.6 Å². The first-order valence-corrected chi connectivity index (χ1v) is 12.7. The Morgan fingerprint density at radius 1 is 1.06 bits per heavy atom. The summed E-state index contributed by atoms with van der Waals surface area (Å²) in [5.41, 5.74) is 6.03. The summed E-state index contributed by atoms with van der Waals surface area (Å²) in [6.07, 6.45) is 0.955. The number of aromatic nitrogens is 1. The van der Waals surface area contributed by atoms with Crippen molar-refractivity contribution in [1.29, 1.82) is 0 Å². The van der Waals surface area contributed by atoms with Crippen LogP contribution < -0.4 is 38.8 Å². The molecule has 1 aliphatic carbocycles. The molecule has 4 rings (SSSR count). The highest BCUT2D eigenvalue weighted by Gasteiger charge is 2.20. The lowest BCUT2D eigenvalue weighted by Gasteiger charge is -2.25. The van der Waals surface area contributed by atoms with Crippen LogP contribution in [-0.2, 0) is 15.9 Å². The Kier molecular flexibility index (Phi) is 10.1. The van der Waals surface area contributed by atoms with Gasteiger partial charge in [0.05, 0.1) is 47.1 Å². The molecule has 0 spiro atoms. The summed E-state index contributed by atoms with van der Waals surface area (Å²) in [5.74, 6) is 0. The highest BCUT2D eigenvalue weighted by molar-refractivity contribution is 7.21. The molecule has 34 heavy (non-hydrogen) atoms. The summed E-state index contributed by atoms with van der Waals surface area (Å²) in [5, 5.41) is 1.32. The highest BCUT2D eigenvalue weighted by atomic mass is 127. The van der Waals surface area contributed by atoms with Crippen LogP contribution in [0.3, 0.4) is 0 Å². The second kappa shape index (κ2) is 12.6. The zero-order valence-electron chi connectivity index (χ0n) is 21.1. The molecule has 0 amide bonds. The SMILES string of the molecule is CCc1cc(N(CCOC)CCOC)cc2sc3cc(=[N+]4CCN(C)CC4)cc(C)c-3nc12.[I-]. The predicted molar refractivity (Wildman–Crippen MR) is 139 cm³/mol. The molecule has 0 bridgehead atoms. The number of likely N-dealkylation sites (N-methyl/N-ethyl adjacent to an activating group) is 1. The van der Waals surface area contributed by atoms with Gasteiger partial charge in [0.25, 0.3) is 0 Å². The van der Waals surface area contributed by atoms with Crippen LogP contribution in [-0.4, -0.2) is 83.6 Å². The van der Waals surface area contributed by atoms with E-state index in [2.05, 4.69) is 59.5 Å². The van der Waals surface area contributed by atoms with E-state index in [9.17, 15) is 0 Å². The summed E-state index contributed by atoms with van der Waals surface area (Å²) in [7, 11) is 5.71. The second-order valence-electron chi connectivity index (χ2n) is 8.89. The molecule has 6 nitrogen and oxygen atoms in total. The van der Waals surface area contributed by atoms with Crippen molar-refractivity contribution in [2.45, 2.75) is 20.3 Å². The van der Waals surface area contributed by atoms with Gasteiger partial charge in [-0.2, -0.15) is 0 Å². The minimum Gasteiger partial charge on any atom is -1.00 e. The number of aryl methyl sites for hydroxylation is 2. The van der Waals surface area contributed by atoms with Crippen LogP contribution in [0.25, 0.3) is 20.8 Å². The van der Waals surface area contributed by atoms with E-state index < -0.39 is 0 Å². The first-order chi connectivity index (χ1) is 16.0. The van der Waals surface area contributed by atoms with E-state index in [4.69, 9.17) is 14.5 Å². The van der Waals surface area contributed by atoms with Crippen molar-refractivity contribution in [3.05, 3.63) is 40.7 Å². The van der Waals surface area contributed by atoms with Gasteiger partial charge in [-0.1, -0.05) is 6.92 Å². The average molecular weight is 597 g/mol. The molecule has 0 saturated carbocycles. The zero-order chi connectivity index (χ0) is 23.4. The molecule has 1 saturated heterocycles. The van der Waals surface area contributed by atoms with Crippen LogP contribution in [0.4, 0.5) is 5.69 Å². The first kappa shape index (κ1) is 27.3. The molecule has 0 aromatic heterocycles. The molecule has 0 N–H and O–H groups in total. The third-order valence-corrected chi connectivity index (χ3v) is 7.64. The predicted octanol–water partition coefficient (Wildman–Crippen LogP) is 0.0927. The van der Waals surface area contributed by atoms with E-state index in [-0.39, 0.29) is 24.0 Å². The monoisotopic (exact) mass is 596 g/mol.